The SMILES string of the molecule is COc1cccc(Cn2nccc2NC(=O)c2cnc(C)cn2)c1OC. The van der Waals surface area contributed by atoms with Crippen LogP contribution < -0.4 is 14.8 Å². The van der Waals surface area contributed by atoms with E-state index < -0.39 is 0 Å². The molecule has 0 aliphatic carbocycles. The summed E-state index contributed by atoms with van der Waals surface area (Å²) in [5, 5.41) is 7.07. The van der Waals surface area contributed by atoms with Crippen molar-refractivity contribution in [1.29, 1.82) is 0 Å². The molecule has 0 unspecified atom stereocenters. The number of amides is 1. The van der Waals surface area contributed by atoms with Crippen LogP contribution in [0.1, 0.15) is 21.7 Å². The number of aryl methyl sites for hydroxylation is 1. The van der Waals surface area contributed by atoms with Crippen molar-refractivity contribution in [2.45, 2.75) is 13.5 Å². The fourth-order valence-corrected chi connectivity index (χ4v) is 2.49. The van der Waals surface area contributed by atoms with Gasteiger partial charge in [-0.25, -0.2) is 9.67 Å². The predicted molar refractivity (Wildman–Crippen MR) is 95.6 cm³/mol. The zero-order valence-corrected chi connectivity index (χ0v) is 14.8. The number of carbonyl (C=O) groups excluding carboxylic acids is 1. The van der Waals surface area contributed by atoms with Gasteiger partial charge >= 0.3 is 0 Å². The maximum absolute atomic E-state index is 12.4. The average Bonchev–Trinajstić information content (AvgIpc) is 3.08. The first kappa shape index (κ1) is 17.4. The molecule has 3 aromatic rings. The lowest BCUT2D eigenvalue weighted by atomic mass is 10.2. The van der Waals surface area contributed by atoms with Crippen molar-refractivity contribution in [1.82, 2.24) is 19.7 Å². The second-order valence-corrected chi connectivity index (χ2v) is 5.52. The summed E-state index contributed by atoms with van der Waals surface area (Å²) in [6, 6.07) is 7.33. The van der Waals surface area contributed by atoms with Crippen LogP contribution in [-0.4, -0.2) is 39.9 Å². The molecule has 3 rings (SSSR count). The molecule has 0 aliphatic heterocycles. The molecule has 0 saturated carbocycles. The Hall–Kier alpha value is -3.42. The second kappa shape index (κ2) is 7.64. The van der Waals surface area contributed by atoms with E-state index in [1.807, 2.05) is 25.1 Å². The normalized spacial score (nSPS) is 10.4. The van der Waals surface area contributed by atoms with Crippen LogP contribution in [0.5, 0.6) is 11.5 Å². The predicted octanol–water partition coefficient (Wildman–Crippen LogP) is 2.30. The van der Waals surface area contributed by atoms with E-state index in [0.717, 1.165) is 11.3 Å². The highest BCUT2D eigenvalue weighted by atomic mass is 16.5. The van der Waals surface area contributed by atoms with Crippen molar-refractivity contribution >= 4 is 11.7 Å². The number of aromatic nitrogens is 4. The summed E-state index contributed by atoms with van der Waals surface area (Å²) in [5.74, 6) is 1.46. The first-order valence-electron chi connectivity index (χ1n) is 7.94. The van der Waals surface area contributed by atoms with Gasteiger partial charge in [-0.2, -0.15) is 5.10 Å². The number of ether oxygens (including phenoxy) is 2. The summed E-state index contributed by atoms with van der Waals surface area (Å²) in [5.41, 5.74) is 1.86. The monoisotopic (exact) mass is 353 g/mol. The van der Waals surface area contributed by atoms with Crippen molar-refractivity contribution in [3.63, 3.8) is 0 Å². The Morgan fingerprint density at radius 2 is 2.00 bits per heavy atom. The third-order valence-corrected chi connectivity index (χ3v) is 3.78. The smallest absolute Gasteiger partial charge is 0.277 e. The molecule has 0 radical (unpaired) electrons. The van der Waals surface area contributed by atoms with Crippen LogP contribution in [0.2, 0.25) is 0 Å². The molecule has 134 valence electrons. The molecule has 0 aliphatic rings. The minimum absolute atomic E-state index is 0.238. The lowest BCUT2D eigenvalue weighted by Crippen LogP contribution is -2.18. The fraction of sp³-hybridized carbons (Fsp3) is 0.222. The van der Waals surface area contributed by atoms with E-state index in [9.17, 15) is 4.79 Å². The number of hydrogen-bond acceptors (Lipinski definition) is 6. The molecule has 1 aromatic carbocycles. The van der Waals surface area contributed by atoms with Crippen LogP contribution in [0.15, 0.2) is 42.9 Å². The van der Waals surface area contributed by atoms with E-state index in [-0.39, 0.29) is 11.6 Å². The average molecular weight is 353 g/mol. The molecular weight excluding hydrogens is 334 g/mol. The van der Waals surface area contributed by atoms with Gasteiger partial charge in [0.05, 0.1) is 38.9 Å². The Morgan fingerprint density at radius 1 is 1.15 bits per heavy atom. The molecule has 8 heteroatoms. The van der Waals surface area contributed by atoms with Crippen LogP contribution in [0.25, 0.3) is 0 Å². The number of benzene rings is 1. The Kier molecular flexibility index (Phi) is 5.12. The van der Waals surface area contributed by atoms with Crippen molar-refractivity contribution < 1.29 is 14.3 Å². The molecule has 0 spiro atoms. The molecule has 0 fully saturated rings. The van der Waals surface area contributed by atoms with Gasteiger partial charge < -0.3 is 14.8 Å². The van der Waals surface area contributed by atoms with E-state index in [2.05, 4.69) is 20.4 Å². The Labute approximate surface area is 150 Å². The molecule has 0 atom stereocenters. The molecule has 2 aromatic heterocycles. The van der Waals surface area contributed by atoms with Crippen LogP contribution in [0.4, 0.5) is 5.82 Å². The van der Waals surface area contributed by atoms with E-state index >= 15 is 0 Å². The van der Waals surface area contributed by atoms with Crippen LogP contribution >= 0.6 is 0 Å². The lowest BCUT2D eigenvalue weighted by Gasteiger charge is -2.14. The Balaban J connectivity index is 1.81. The van der Waals surface area contributed by atoms with E-state index in [1.165, 1.54) is 6.20 Å². The van der Waals surface area contributed by atoms with Crippen molar-refractivity contribution in [2.24, 2.45) is 0 Å². The number of carbonyl (C=O) groups is 1. The van der Waals surface area contributed by atoms with Crippen LogP contribution in [0.3, 0.4) is 0 Å². The molecule has 1 amide bonds. The zero-order chi connectivity index (χ0) is 18.5. The Morgan fingerprint density at radius 3 is 2.69 bits per heavy atom. The number of methoxy groups -OCH3 is 2. The molecule has 8 nitrogen and oxygen atoms in total. The highest BCUT2D eigenvalue weighted by Gasteiger charge is 2.14. The van der Waals surface area contributed by atoms with Gasteiger partial charge in [-0.1, -0.05) is 12.1 Å². The van der Waals surface area contributed by atoms with Gasteiger partial charge in [0.15, 0.2) is 11.5 Å². The van der Waals surface area contributed by atoms with Gasteiger partial charge in [0, 0.05) is 17.8 Å². The maximum Gasteiger partial charge on any atom is 0.277 e. The maximum atomic E-state index is 12.4. The van der Waals surface area contributed by atoms with Crippen molar-refractivity contribution in [3.8, 4) is 11.5 Å². The highest BCUT2D eigenvalue weighted by molar-refractivity contribution is 6.02. The molecular formula is C18H19N5O3. The molecule has 0 saturated heterocycles. The standard InChI is InChI=1S/C18H19N5O3/c1-12-9-20-14(10-19-12)18(24)22-16-7-8-21-23(16)11-13-5-4-6-15(25-2)17(13)26-3/h4-10H,11H2,1-3H3,(H,22,24). The largest absolute Gasteiger partial charge is 0.493 e. The first-order chi connectivity index (χ1) is 12.6. The zero-order valence-electron chi connectivity index (χ0n) is 14.8. The number of rotatable bonds is 6. The minimum Gasteiger partial charge on any atom is -0.493 e. The summed E-state index contributed by atoms with van der Waals surface area (Å²) < 4.78 is 12.4. The quantitative estimate of drug-likeness (QED) is 0.731. The summed E-state index contributed by atoms with van der Waals surface area (Å²) in [4.78, 5) is 20.5. The Bertz CT molecular complexity index is 905. The minimum atomic E-state index is -0.350. The van der Waals surface area contributed by atoms with E-state index in [0.29, 0.717) is 23.9 Å². The second-order valence-electron chi connectivity index (χ2n) is 5.52. The van der Waals surface area contributed by atoms with Crippen LogP contribution in [0, 0.1) is 6.92 Å². The highest BCUT2D eigenvalue weighted by Crippen LogP contribution is 2.31. The topological polar surface area (TPSA) is 91.2 Å². The third-order valence-electron chi connectivity index (χ3n) is 3.78. The van der Waals surface area contributed by atoms with Gasteiger partial charge in [-0.3, -0.25) is 9.78 Å². The third kappa shape index (κ3) is 3.64. The van der Waals surface area contributed by atoms with Crippen LogP contribution in [-0.2, 0) is 6.54 Å². The molecule has 2 heterocycles. The summed E-state index contributed by atoms with van der Waals surface area (Å²) in [6.07, 6.45) is 4.60. The van der Waals surface area contributed by atoms with Crippen molar-refractivity contribution in [3.05, 3.63) is 59.8 Å². The van der Waals surface area contributed by atoms with Gasteiger partial charge in [0.1, 0.15) is 11.5 Å². The molecule has 26 heavy (non-hydrogen) atoms. The summed E-state index contributed by atoms with van der Waals surface area (Å²) >= 11 is 0. The first-order valence-corrected chi connectivity index (χ1v) is 7.94. The number of nitrogens with zero attached hydrogens (tertiary/aromatic N) is 4. The van der Waals surface area contributed by atoms with E-state index in [1.54, 1.807) is 37.4 Å². The summed E-state index contributed by atoms with van der Waals surface area (Å²) in [6.45, 7) is 2.22. The number of para-hydroxylation sites is 1. The van der Waals surface area contributed by atoms with Gasteiger partial charge in [-0.05, 0) is 13.0 Å². The molecule has 1 N–H and O–H groups in total. The van der Waals surface area contributed by atoms with Crippen molar-refractivity contribution in [2.75, 3.05) is 19.5 Å². The number of hydrogen-bond donors (Lipinski definition) is 1. The summed E-state index contributed by atoms with van der Waals surface area (Å²) in [7, 11) is 3.17. The number of anilines is 1. The van der Waals surface area contributed by atoms with Gasteiger partial charge in [0.25, 0.3) is 5.91 Å². The fourth-order valence-electron chi connectivity index (χ4n) is 2.49. The molecule has 0 bridgehead atoms. The number of nitrogens with one attached hydrogen (secondary N) is 1. The van der Waals surface area contributed by atoms with E-state index in [4.69, 9.17) is 9.47 Å². The lowest BCUT2D eigenvalue weighted by molar-refractivity contribution is 0.102. The van der Waals surface area contributed by atoms with Gasteiger partial charge in [-0.15, -0.1) is 0 Å². The van der Waals surface area contributed by atoms with Gasteiger partial charge in [0.2, 0.25) is 0 Å².